The molecule has 4 heterocycles. The molecular weight excluding hydrogens is 1050 g/mol. The summed E-state index contributed by atoms with van der Waals surface area (Å²) in [5.41, 5.74) is 0.683. The summed E-state index contributed by atoms with van der Waals surface area (Å²) < 4.78 is 49.7. The van der Waals surface area contributed by atoms with Crippen molar-refractivity contribution in [3.8, 4) is 0 Å². The molecule has 17 N–H and O–H groups in total. The van der Waals surface area contributed by atoms with E-state index in [1.807, 2.05) is 0 Å². The first-order valence-electron chi connectivity index (χ1n) is 25.9. The van der Waals surface area contributed by atoms with Crippen LogP contribution in [0.25, 0.3) is 0 Å². The molecule has 21 atom stereocenters. The summed E-state index contributed by atoms with van der Waals surface area (Å²) in [5.74, 6) is -1.24. The zero-order chi connectivity index (χ0) is 57.1. The molecular formula is C48H78N4O26. The smallest absolute Gasteiger partial charge is 0.408 e. The van der Waals surface area contributed by atoms with Crippen molar-refractivity contribution >= 4 is 23.8 Å². The number of nitrogens with one attached hydrogen (secondary N) is 4. The van der Waals surface area contributed by atoms with Gasteiger partial charge in [0.25, 0.3) is 0 Å². The summed E-state index contributed by atoms with van der Waals surface area (Å²) in [4.78, 5) is 51.3. The van der Waals surface area contributed by atoms with E-state index in [0.29, 0.717) is 31.2 Å². The van der Waals surface area contributed by atoms with E-state index < -0.39 is 167 Å². The van der Waals surface area contributed by atoms with Gasteiger partial charge in [-0.05, 0) is 44.6 Å². The van der Waals surface area contributed by atoms with Crippen LogP contribution in [0.5, 0.6) is 0 Å². The van der Waals surface area contributed by atoms with Crippen molar-refractivity contribution in [3.63, 3.8) is 0 Å². The monoisotopic (exact) mass is 1130 g/mol. The molecule has 30 heteroatoms. The highest BCUT2D eigenvalue weighted by atomic mass is 16.8. The Balaban J connectivity index is 1.09. The lowest BCUT2D eigenvalue weighted by atomic mass is 9.96. The number of alkyl carbamates (subject to hydrolysis) is 1. The molecule has 446 valence electrons. The molecule has 78 heavy (non-hydrogen) atoms. The zero-order valence-electron chi connectivity index (χ0n) is 42.9. The first-order chi connectivity index (χ1) is 37.2. The Morgan fingerprint density at radius 3 is 1.65 bits per heavy atom. The van der Waals surface area contributed by atoms with Crippen LogP contribution in [0.15, 0.2) is 30.3 Å². The van der Waals surface area contributed by atoms with Crippen LogP contribution in [0.1, 0.15) is 57.4 Å². The molecule has 1 aromatic carbocycles. The van der Waals surface area contributed by atoms with Crippen LogP contribution in [-0.4, -0.2) is 272 Å². The molecule has 30 nitrogen and oxygen atoms in total. The van der Waals surface area contributed by atoms with Crippen molar-refractivity contribution in [1.29, 1.82) is 0 Å². The second kappa shape index (κ2) is 32.5. The predicted molar refractivity (Wildman–Crippen MR) is 258 cm³/mol. The number of aliphatic hydroxyl groups is 13. The third kappa shape index (κ3) is 18.8. The Morgan fingerprint density at radius 2 is 1.05 bits per heavy atom. The summed E-state index contributed by atoms with van der Waals surface area (Å²) in [6.45, 7) is -1.30. The Kier molecular flexibility index (Phi) is 27.0. The molecule has 4 aliphatic heterocycles. The Bertz CT molecular complexity index is 1950. The van der Waals surface area contributed by atoms with E-state index in [1.54, 1.807) is 30.3 Å². The summed E-state index contributed by atoms with van der Waals surface area (Å²) in [6, 6.07) is 7.60. The predicted octanol–water partition coefficient (Wildman–Crippen LogP) is -7.33. The number of rotatable bonds is 29. The van der Waals surface area contributed by atoms with Gasteiger partial charge in [-0.15, -0.1) is 0 Å². The lowest BCUT2D eigenvalue weighted by Crippen LogP contribution is -2.65. The van der Waals surface area contributed by atoms with E-state index in [9.17, 15) is 85.6 Å². The molecule has 4 aliphatic rings. The number of benzene rings is 1. The summed E-state index contributed by atoms with van der Waals surface area (Å²) in [6.07, 6.45) is -31.4. The standard InChI is InChI=1S/C48H78N4O26/c1-23-31(57)35(61)38(64)44(74-23)70-17-15-50-30(56)13-6-5-12-29(55)49-14-8-7-11-25(52-48(69)73-21-24-9-3-2-4-10-24)43(68)51-16-18-71-46-41(67)42(78-47-40(66)37(63)33(59)27(20-54)76-47)34(60)28(77-46)22-72-45-39(65)36(62)32(58)26(19-53)75-45/h2-4,9-10,23,25-28,31-42,44-47,53-54,57-67H,5-8,11-22H2,1H3,(H,49,55)(H,50,56)(H,51,68)(H,52,69)/t23-,25-,26+,27+,28+,31+,32+,33+,34+,35+,36-,37-,38-,39-,40-,41-,42-,44+,45-,46-,47+/m0/s1. The van der Waals surface area contributed by atoms with Crippen LogP contribution in [0.2, 0.25) is 0 Å². The molecule has 0 bridgehead atoms. The molecule has 0 aliphatic carbocycles. The van der Waals surface area contributed by atoms with E-state index in [4.69, 9.17) is 42.6 Å². The number of carbonyl (C=O) groups excluding carboxylic acids is 4. The molecule has 0 radical (unpaired) electrons. The molecule has 4 fully saturated rings. The molecule has 1 aromatic rings. The number of unbranched alkanes of at least 4 members (excludes halogenated alkanes) is 2. The number of carbonyl (C=O) groups is 4. The molecule has 0 saturated carbocycles. The Morgan fingerprint density at radius 1 is 0.538 bits per heavy atom. The van der Waals surface area contributed by atoms with Gasteiger partial charge in [0.1, 0.15) is 104 Å². The van der Waals surface area contributed by atoms with Gasteiger partial charge in [-0.25, -0.2) is 4.79 Å². The van der Waals surface area contributed by atoms with Crippen LogP contribution < -0.4 is 21.3 Å². The highest BCUT2D eigenvalue weighted by molar-refractivity contribution is 5.85. The minimum Gasteiger partial charge on any atom is -0.445 e. The van der Waals surface area contributed by atoms with Crippen molar-refractivity contribution in [1.82, 2.24) is 21.3 Å². The van der Waals surface area contributed by atoms with Gasteiger partial charge >= 0.3 is 6.09 Å². The second-order valence-electron chi connectivity index (χ2n) is 19.2. The van der Waals surface area contributed by atoms with Gasteiger partial charge in [0.2, 0.25) is 17.7 Å². The lowest BCUT2D eigenvalue weighted by molar-refractivity contribution is -0.366. The number of hydrogen-bond acceptors (Lipinski definition) is 26. The van der Waals surface area contributed by atoms with Crippen LogP contribution in [0, 0.1) is 0 Å². The number of aliphatic hydroxyl groups excluding tert-OH is 13. The largest absolute Gasteiger partial charge is 0.445 e. The zero-order valence-corrected chi connectivity index (χ0v) is 42.9. The van der Waals surface area contributed by atoms with Crippen molar-refractivity contribution in [2.75, 3.05) is 52.7 Å². The fourth-order valence-corrected chi connectivity index (χ4v) is 8.68. The van der Waals surface area contributed by atoms with Gasteiger partial charge in [0, 0.05) is 32.5 Å². The number of ether oxygens (including phenoxy) is 9. The van der Waals surface area contributed by atoms with E-state index in [2.05, 4.69) is 21.3 Å². The van der Waals surface area contributed by atoms with Gasteiger partial charge in [-0.3, -0.25) is 14.4 Å². The van der Waals surface area contributed by atoms with Gasteiger partial charge in [0.05, 0.1) is 39.1 Å². The number of amides is 4. The maximum absolute atomic E-state index is 13.6. The Labute approximate surface area is 448 Å². The fourth-order valence-electron chi connectivity index (χ4n) is 8.68. The summed E-state index contributed by atoms with van der Waals surface area (Å²) >= 11 is 0. The van der Waals surface area contributed by atoms with Gasteiger partial charge in [-0.2, -0.15) is 0 Å². The molecule has 0 spiro atoms. The van der Waals surface area contributed by atoms with Crippen LogP contribution in [0.3, 0.4) is 0 Å². The maximum atomic E-state index is 13.6. The molecule has 0 aromatic heterocycles. The minimum absolute atomic E-state index is 0.0301. The van der Waals surface area contributed by atoms with E-state index in [1.165, 1.54) is 6.92 Å². The highest BCUT2D eigenvalue weighted by Gasteiger charge is 2.52. The lowest BCUT2D eigenvalue weighted by Gasteiger charge is -2.46. The third-order valence-electron chi connectivity index (χ3n) is 13.4. The van der Waals surface area contributed by atoms with Gasteiger partial charge < -0.3 is 130 Å². The van der Waals surface area contributed by atoms with Crippen molar-refractivity contribution in [2.45, 2.75) is 187 Å². The van der Waals surface area contributed by atoms with Crippen molar-refractivity contribution < 1.29 is 128 Å². The first-order valence-corrected chi connectivity index (χ1v) is 25.9. The molecule has 0 unspecified atom stereocenters. The average molecular weight is 1130 g/mol. The van der Waals surface area contributed by atoms with E-state index in [0.717, 1.165) is 0 Å². The molecule has 4 saturated heterocycles. The summed E-state index contributed by atoms with van der Waals surface area (Å²) in [7, 11) is 0. The second-order valence-corrected chi connectivity index (χ2v) is 19.2. The SMILES string of the molecule is C[C@@H]1O[C@@H](OCCNC(=O)CCCCC(=O)NCCCC[C@H](NC(=O)OCc2ccccc2)C(=O)NCCO[C@H]2O[C@H](CO[C@H]3O[C@H](CO)[C@@H](O)[C@H](O)[C@@H]3O)[C@@H](O)[C@H](O[C@H]3O[C@H](CO)[C@@H](O)[C@H](O)[C@@H]3O)[C@@H]2O)[C@@H](O)[C@H](O)[C@@H]1O. The van der Waals surface area contributed by atoms with Crippen molar-refractivity contribution in [2.24, 2.45) is 0 Å². The van der Waals surface area contributed by atoms with Gasteiger partial charge in [0.15, 0.2) is 25.2 Å². The maximum Gasteiger partial charge on any atom is 0.408 e. The first kappa shape index (κ1) is 64.9. The van der Waals surface area contributed by atoms with Gasteiger partial charge in [-0.1, -0.05) is 30.3 Å². The van der Waals surface area contributed by atoms with E-state index in [-0.39, 0.29) is 63.9 Å². The number of hydrogen-bond donors (Lipinski definition) is 17. The van der Waals surface area contributed by atoms with E-state index >= 15 is 0 Å². The van der Waals surface area contributed by atoms with Crippen LogP contribution in [-0.2, 0) is 63.6 Å². The summed E-state index contributed by atoms with van der Waals surface area (Å²) in [5, 5.41) is 145. The Hall–Kier alpha value is -3.94. The minimum atomic E-state index is -1.97. The molecule has 4 amide bonds. The topological polar surface area (TPSA) is 462 Å². The van der Waals surface area contributed by atoms with Crippen LogP contribution >= 0.6 is 0 Å². The highest BCUT2D eigenvalue weighted by Crippen LogP contribution is 2.31. The van der Waals surface area contributed by atoms with Crippen molar-refractivity contribution in [3.05, 3.63) is 35.9 Å². The molecule has 5 rings (SSSR count). The quantitative estimate of drug-likeness (QED) is 0.0331. The van der Waals surface area contributed by atoms with Crippen LogP contribution in [0.4, 0.5) is 4.79 Å². The average Bonchev–Trinajstić information content (AvgIpc) is 3.46. The fraction of sp³-hybridized carbons (Fsp3) is 0.792. The normalized spacial score (nSPS) is 35.5. The third-order valence-corrected chi connectivity index (χ3v) is 13.4.